The fourth-order valence-electron chi connectivity index (χ4n) is 3.49. The van der Waals surface area contributed by atoms with Crippen LogP contribution in [0.15, 0.2) is 22.7 Å². The Hall–Kier alpha value is 0.260. The van der Waals surface area contributed by atoms with Crippen molar-refractivity contribution in [1.82, 2.24) is 0 Å². The van der Waals surface area contributed by atoms with Gasteiger partial charge in [0.25, 0.3) is 0 Å². The summed E-state index contributed by atoms with van der Waals surface area (Å²) in [5.41, 5.74) is 7.78. The molecule has 2 heterocycles. The van der Waals surface area contributed by atoms with Crippen molar-refractivity contribution in [3.63, 3.8) is 0 Å². The minimum absolute atomic E-state index is 0.0217. The molecule has 21 heavy (non-hydrogen) atoms. The van der Waals surface area contributed by atoms with E-state index in [-0.39, 0.29) is 11.6 Å². The number of nitrogens with two attached hydrogens (primary N) is 1. The number of ether oxygens (including phenoxy) is 1. The molecule has 0 radical (unpaired) electrons. The van der Waals surface area contributed by atoms with Crippen LogP contribution in [0, 0.1) is 5.92 Å². The number of hydrogen-bond donors (Lipinski definition) is 1. The lowest BCUT2D eigenvalue weighted by Crippen LogP contribution is -2.45. The van der Waals surface area contributed by atoms with Crippen LogP contribution < -0.4 is 5.73 Å². The second-order valence-corrected chi connectivity index (χ2v) is 8.60. The van der Waals surface area contributed by atoms with E-state index in [9.17, 15) is 0 Å². The predicted octanol–water partition coefficient (Wildman–Crippen LogP) is 4.79. The third-order valence-corrected chi connectivity index (χ3v) is 6.70. The Labute approximate surface area is 144 Å². The van der Waals surface area contributed by atoms with E-state index in [0.29, 0.717) is 5.92 Å². The third-order valence-electron chi connectivity index (χ3n) is 4.76. The Morgan fingerprint density at radius 1 is 1.38 bits per heavy atom. The van der Waals surface area contributed by atoms with Crippen LogP contribution in [0.3, 0.4) is 0 Å². The van der Waals surface area contributed by atoms with Gasteiger partial charge in [0.2, 0.25) is 0 Å². The van der Waals surface area contributed by atoms with Crippen molar-refractivity contribution in [3.8, 4) is 0 Å². The van der Waals surface area contributed by atoms with Gasteiger partial charge in [-0.05, 0) is 66.9 Å². The molecule has 2 unspecified atom stereocenters. The van der Waals surface area contributed by atoms with Gasteiger partial charge in [-0.1, -0.05) is 27.5 Å². The van der Waals surface area contributed by atoms with Crippen molar-refractivity contribution >= 4 is 39.3 Å². The average Bonchev–Trinajstić information content (AvgIpc) is 2.50. The second-order valence-electron chi connectivity index (χ2n) is 6.09. The van der Waals surface area contributed by atoms with Crippen molar-refractivity contribution in [1.29, 1.82) is 0 Å². The molecule has 1 spiro atoms. The van der Waals surface area contributed by atoms with Gasteiger partial charge in [0.05, 0.1) is 5.60 Å². The summed E-state index contributed by atoms with van der Waals surface area (Å²) in [6, 6.07) is 5.90. The highest BCUT2D eigenvalue weighted by molar-refractivity contribution is 9.10. The van der Waals surface area contributed by atoms with Gasteiger partial charge in [0.1, 0.15) is 0 Å². The highest BCUT2D eigenvalue weighted by atomic mass is 79.9. The van der Waals surface area contributed by atoms with Crippen LogP contribution in [0.25, 0.3) is 0 Å². The maximum Gasteiger partial charge on any atom is 0.0701 e. The van der Waals surface area contributed by atoms with E-state index in [1.807, 2.05) is 30.0 Å². The van der Waals surface area contributed by atoms with Crippen molar-refractivity contribution in [2.24, 2.45) is 11.7 Å². The van der Waals surface area contributed by atoms with Gasteiger partial charge in [0, 0.05) is 22.1 Å². The van der Waals surface area contributed by atoms with Crippen molar-refractivity contribution in [2.75, 3.05) is 18.1 Å². The molecule has 2 atom stereocenters. The number of rotatable bonds is 2. The van der Waals surface area contributed by atoms with Crippen molar-refractivity contribution in [3.05, 3.63) is 33.3 Å². The zero-order valence-corrected chi connectivity index (χ0v) is 15.1. The lowest BCUT2D eigenvalue weighted by Gasteiger charge is -2.45. The van der Waals surface area contributed by atoms with Crippen LogP contribution in [0.2, 0.25) is 5.02 Å². The number of thioether (sulfide) groups is 1. The Kier molecular flexibility index (Phi) is 5.22. The topological polar surface area (TPSA) is 35.2 Å². The zero-order chi connectivity index (χ0) is 14.9. The van der Waals surface area contributed by atoms with E-state index in [1.165, 1.54) is 11.5 Å². The summed E-state index contributed by atoms with van der Waals surface area (Å²) in [6.45, 7) is 0.835. The standard InChI is InChI=1S/C16H21BrClNOS/c17-14-2-1-12(18)9-13(14)15(19)11-3-6-20-16(10-11)4-7-21-8-5-16/h1-2,9,11,15H,3-8,10,19H2. The number of halogens is 2. The van der Waals surface area contributed by atoms with E-state index < -0.39 is 0 Å². The van der Waals surface area contributed by atoms with Gasteiger partial charge in [-0.25, -0.2) is 0 Å². The fraction of sp³-hybridized carbons (Fsp3) is 0.625. The van der Waals surface area contributed by atoms with Crippen LogP contribution in [-0.4, -0.2) is 23.7 Å². The molecule has 0 bridgehead atoms. The summed E-state index contributed by atoms with van der Waals surface area (Å²) in [4.78, 5) is 0. The lowest BCUT2D eigenvalue weighted by atomic mass is 9.77. The third kappa shape index (κ3) is 3.61. The Morgan fingerprint density at radius 2 is 2.14 bits per heavy atom. The summed E-state index contributed by atoms with van der Waals surface area (Å²) in [5, 5.41) is 0.750. The van der Waals surface area contributed by atoms with Gasteiger partial charge in [-0.3, -0.25) is 0 Å². The van der Waals surface area contributed by atoms with E-state index in [2.05, 4.69) is 15.9 Å². The molecule has 2 nitrogen and oxygen atoms in total. The first-order valence-corrected chi connectivity index (χ1v) is 9.84. The number of benzene rings is 1. The maximum atomic E-state index is 6.58. The van der Waals surface area contributed by atoms with Gasteiger partial charge in [-0.2, -0.15) is 11.8 Å². The molecule has 0 saturated carbocycles. The maximum absolute atomic E-state index is 6.58. The minimum atomic E-state index is 0.0217. The highest BCUT2D eigenvalue weighted by Crippen LogP contribution is 2.44. The summed E-state index contributed by atoms with van der Waals surface area (Å²) in [7, 11) is 0. The average molecular weight is 391 g/mol. The monoisotopic (exact) mass is 389 g/mol. The first-order valence-electron chi connectivity index (χ1n) is 7.52. The Bertz CT molecular complexity index is 502. The molecule has 0 aliphatic carbocycles. The van der Waals surface area contributed by atoms with Crippen LogP contribution in [-0.2, 0) is 4.74 Å². The van der Waals surface area contributed by atoms with Crippen molar-refractivity contribution in [2.45, 2.75) is 37.3 Å². The molecule has 1 aromatic carbocycles. The molecule has 2 saturated heterocycles. The van der Waals surface area contributed by atoms with Crippen LogP contribution >= 0.6 is 39.3 Å². The SMILES string of the molecule is NC(c1cc(Cl)ccc1Br)C1CCOC2(CCSCC2)C1. The first kappa shape index (κ1) is 16.1. The summed E-state index contributed by atoms with van der Waals surface area (Å²) in [5.74, 6) is 2.89. The molecular formula is C16H21BrClNOS. The molecule has 2 N–H and O–H groups in total. The van der Waals surface area contributed by atoms with Crippen molar-refractivity contribution < 1.29 is 4.74 Å². The molecule has 2 fully saturated rings. The zero-order valence-electron chi connectivity index (χ0n) is 12.0. The van der Waals surface area contributed by atoms with Crippen LogP contribution in [0.4, 0.5) is 0 Å². The summed E-state index contributed by atoms with van der Waals surface area (Å²) in [6.07, 6.45) is 4.44. The fourth-order valence-corrected chi connectivity index (χ4v) is 5.42. The Balaban J connectivity index is 1.77. The van der Waals surface area contributed by atoms with Gasteiger partial charge >= 0.3 is 0 Å². The molecular weight excluding hydrogens is 370 g/mol. The summed E-state index contributed by atoms with van der Waals surface area (Å²) >= 11 is 11.8. The molecule has 0 aromatic heterocycles. The second kappa shape index (κ2) is 6.79. The normalized spacial score (nSPS) is 26.7. The van der Waals surface area contributed by atoms with Crippen LogP contribution in [0.1, 0.15) is 37.3 Å². The van der Waals surface area contributed by atoms with E-state index in [4.69, 9.17) is 22.1 Å². The summed E-state index contributed by atoms with van der Waals surface area (Å²) < 4.78 is 7.22. The molecule has 0 amide bonds. The predicted molar refractivity (Wildman–Crippen MR) is 94.0 cm³/mol. The van der Waals surface area contributed by atoms with E-state index in [0.717, 1.165) is 47.3 Å². The van der Waals surface area contributed by atoms with E-state index >= 15 is 0 Å². The largest absolute Gasteiger partial charge is 0.375 e. The lowest BCUT2D eigenvalue weighted by molar-refractivity contribution is -0.105. The molecule has 5 heteroatoms. The van der Waals surface area contributed by atoms with Gasteiger partial charge in [-0.15, -0.1) is 0 Å². The quantitative estimate of drug-likeness (QED) is 0.788. The molecule has 3 rings (SSSR count). The number of hydrogen-bond acceptors (Lipinski definition) is 3. The first-order chi connectivity index (χ1) is 10.1. The molecule has 1 aromatic rings. The minimum Gasteiger partial charge on any atom is -0.375 e. The molecule has 2 aliphatic heterocycles. The smallest absolute Gasteiger partial charge is 0.0701 e. The highest BCUT2D eigenvalue weighted by Gasteiger charge is 2.40. The Morgan fingerprint density at radius 3 is 2.90 bits per heavy atom. The molecule has 116 valence electrons. The van der Waals surface area contributed by atoms with E-state index in [1.54, 1.807) is 0 Å². The van der Waals surface area contributed by atoms with Gasteiger partial charge in [0.15, 0.2) is 0 Å². The van der Waals surface area contributed by atoms with Crippen LogP contribution in [0.5, 0.6) is 0 Å². The molecule has 2 aliphatic rings. The van der Waals surface area contributed by atoms with Gasteiger partial charge < -0.3 is 10.5 Å².